The normalized spacial score (nSPS) is 22.5. The molecule has 1 saturated carbocycles. The first-order valence-electron chi connectivity index (χ1n) is 9.58. The lowest BCUT2D eigenvalue weighted by atomic mass is 9.83. The molecule has 24 heavy (non-hydrogen) atoms. The molecule has 2 nitrogen and oxygen atoms in total. The first-order chi connectivity index (χ1) is 11.2. The van der Waals surface area contributed by atoms with Gasteiger partial charge in [0.25, 0.3) is 0 Å². The van der Waals surface area contributed by atoms with E-state index in [1.165, 1.54) is 31.2 Å². The molecule has 0 bridgehead atoms. The van der Waals surface area contributed by atoms with Crippen molar-refractivity contribution in [3.63, 3.8) is 0 Å². The maximum absolute atomic E-state index is 10.8. The maximum Gasteiger partial charge on any atom is 0.128 e. The van der Waals surface area contributed by atoms with Gasteiger partial charge in [0.2, 0.25) is 0 Å². The van der Waals surface area contributed by atoms with Crippen LogP contribution in [0.2, 0.25) is 0 Å². The molecule has 2 heteroatoms. The Bertz CT molecular complexity index is 580. The molecule has 1 aliphatic carbocycles. The van der Waals surface area contributed by atoms with E-state index in [9.17, 15) is 5.11 Å². The van der Waals surface area contributed by atoms with Gasteiger partial charge in [-0.15, -0.1) is 0 Å². The Hall–Kier alpha value is -1.31. The summed E-state index contributed by atoms with van der Waals surface area (Å²) in [6, 6.07) is 4.71. The number of aliphatic imine (C=N–C) groups is 1. The topological polar surface area (TPSA) is 32.6 Å². The zero-order chi connectivity index (χ0) is 17.9. The van der Waals surface area contributed by atoms with Crippen molar-refractivity contribution in [2.45, 2.75) is 85.1 Å². The fourth-order valence-electron chi connectivity index (χ4n) is 3.67. The lowest BCUT2D eigenvalue weighted by Crippen LogP contribution is -2.20. The number of phenolic OH excluding ortho intramolecular Hbond substituents is 1. The van der Waals surface area contributed by atoms with Crippen LogP contribution in [0, 0.1) is 11.8 Å². The molecule has 2 unspecified atom stereocenters. The van der Waals surface area contributed by atoms with E-state index in [1.807, 2.05) is 6.21 Å². The van der Waals surface area contributed by atoms with Gasteiger partial charge in [-0.05, 0) is 48.1 Å². The van der Waals surface area contributed by atoms with Crippen molar-refractivity contribution in [1.82, 2.24) is 0 Å². The third-order valence-electron chi connectivity index (χ3n) is 5.12. The van der Waals surface area contributed by atoms with E-state index in [0.29, 0.717) is 23.6 Å². The minimum absolute atomic E-state index is 0.0716. The number of aromatic hydroxyl groups is 1. The molecule has 1 aromatic carbocycles. The maximum atomic E-state index is 10.8. The van der Waals surface area contributed by atoms with Crippen LogP contribution in [0.15, 0.2) is 17.1 Å². The minimum atomic E-state index is -0.0716. The number of rotatable bonds is 4. The second-order valence-corrected chi connectivity index (χ2v) is 9.04. The van der Waals surface area contributed by atoms with Gasteiger partial charge in [-0.1, -0.05) is 60.5 Å². The van der Waals surface area contributed by atoms with Crippen LogP contribution in [0.3, 0.4) is 0 Å². The SMILES string of the molecule is CC(C)Cc1cc(C=NC2CCCCC2C)c(O)c(C(C)(C)C)c1. The molecular weight excluding hydrogens is 294 g/mol. The molecule has 1 aliphatic rings. The first kappa shape index (κ1) is 19.0. The number of benzene rings is 1. The highest BCUT2D eigenvalue weighted by Crippen LogP contribution is 2.35. The molecule has 1 aromatic rings. The summed E-state index contributed by atoms with van der Waals surface area (Å²) in [7, 11) is 0. The quantitative estimate of drug-likeness (QED) is 0.687. The van der Waals surface area contributed by atoms with Gasteiger partial charge in [0.05, 0.1) is 6.04 Å². The summed E-state index contributed by atoms with van der Waals surface area (Å²) in [6.45, 7) is 13.3. The Labute approximate surface area is 148 Å². The van der Waals surface area contributed by atoms with Crippen LogP contribution < -0.4 is 0 Å². The molecular formula is C22H35NO. The lowest BCUT2D eigenvalue weighted by Gasteiger charge is -2.26. The average Bonchev–Trinajstić information content (AvgIpc) is 2.47. The molecule has 2 rings (SSSR count). The minimum Gasteiger partial charge on any atom is -0.507 e. The summed E-state index contributed by atoms with van der Waals surface area (Å²) in [5.41, 5.74) is 3.14. The molecule has 0 heterocycles. The summed E-state index contributed by atoms with van der Waals surface area (Å²) < 4.78 is 0. The molecule has 0 spiro atoms. The van der Waals surface area contributed by atoms with Gasteiger partial charge in [0.15, 0.2) is 0 Å². The van der Waals surface area contributed by atoms with Crippen molar-refractivity contribution in [1.29, 1.82) is 0 Å². The van der Waals surface area contributed by atoms with Crippen LogP contribution in [0.1, 0.15) is 83.9 Å². The monoisotopic (exact) mass is 329 g/mol. The standard InChI is InChI=1S/C22H35NO/c1-15(2)11-17-12-18(21(24)19(13-17)22(4,5)6)14-23-20-10-8-7-9-16(20)3/h12-16,20,24H,7-11H2,1-6H3. The lowest BCUT2D eigenvalue weighted by molar-refractivity contribution is 0.333. The summed E-state index contributed by atoms with van der Waals surface area (Å²) >= 11 is 0. The van der Waals surface area contributed by atoms with Crippen LogP contribution >= 0.6 is 0 Å². The summed E-state index contributed by atoms with van der Waals surface area (Å²) in [4.78, 5) is 4.85. The van der Waals surface area contributed by atoms with Crippen LogP contribution in [0.5, 0.6) is 5.75 Å². The smallest absolute Gasteiger partial charge is 0.128 e. The third kappa shape index (κ3) is 4.84. The zero-order valence-corrected chi connectivity index (χ0v) is 16.4. The van der Waals surface area contributed by atoms with Crippen LogP contribution in [-0.4, -0.2) is 17.4 Å². The highest BCUT2D eigenvalue weighted by molar-refractivity contribution is 5.85. The highest BCUT2D eigenvalue weighted by atomic mass is 16.3. The number of hydrogen-bond donors (Lipinski definition) is 1. The number of hydrogen-bond acceptors (Lipinski definition) is 2. The van der Waals surface area contributed by atoms with Gasteiger partial charge in [0, 0.05) is 17.3 Å². The Morgan fingerprint density at radius 1 is 1.21 bits per heavy atom. The average molecular weight is 330 g/mol. The van der Waals surface area contributed by atoms with Crippen LogP contribution in [0.25, 0.3) is 0 Å². The number of phenols is 1. The molecule has 1 fully saturated rings. The van der Waals surface area contributed by atoms with Crippen molar-refractivity contribution in [2.75, 3.05) is 0 Å². The summed E-state index contributed by atoms with van der Waals surface area (Å²) in [6.07, 6.45) is 8.02. The molecule has 0 aromatic heterocycles. The Balaban J connectivity index is 2.36. The Morgan fingerprint density at radius 3 is 2.46 bits per heavy atom. The second-order valence-electron chi connectivity index (χ2n) is 9.04. The van der Waals surface area contributed by atoms with Crippen molar-refractivity contribution >= 4 is 6.21 Å². The van der Waals surface area contributed by atoms with Gasteiger partial charge in [-0.25, -0.2) is 0 Å². The Morgan fingerprint density at radius 2 is 1.88 bits per heavy atom. The first-order valence-corrected chi connectivity index (χ1v) is 9.58. The third-order valence-corrected chi connectivity index (χ3v) is 5.12. The van der Waals surface area contributed by atoms with E-state index in [-0.39, 0.29) is 5.41 Å². The predicted molar refractivity (Wildman–Crippen MR) is 104 cm³/mol. The van der Waals surface area contributed by atoms with Gasteiger partial charge in [-0.3, -0.25) is 4.99 Å². The second kappa shape index (κ2) is 7.72. The van der Waals surface area contributed by atoms with Gasteiger partial charge in [0.1, 0.15) is 5.75 Å². The van der Waals surface area contributed by atoms with Gasteiger partial charge < -0.3 is 5.11 Å². The molecule has 0 saturated heterocycles. The highest BCUT2D eigenvalue weighted by Gasteiger charge is 2.22. The van der Waals surface area contributed by atoms with Crippen LogP contribution in [0.4, 0.5) is 0 Å². The van der Waals surface area contributed by atoms with Crippen molar-refractivity contribution in [2.24, 2.45) is 16.8 Å². The van der Waals surface area contributed by atoms with Gasteiger partial charge in [-0.2, -0.15) is 0 Å². The summed E-state index contributed by atoms with van der Waals surface area (Å²) in [5.74, 6) is 1.66. The fourth-order valence-corrected chi connectivity index (χ4v) is 3.67. The summed E-state index contributed by atoms with van der Waals surface area (Å²) in [5, 5.41) is 10.8. The molecule has 2 atom stereocenters. The van der Waals surface area contributed by atoms with E-state index >= 15 is 0 Å². The zero-order valence-electron chi connectivity index (χ0n) is 16.4. The molecule has 0 radical (unpaired) electrons. The van der Waals surface area contributed by atoms with Crippen molar-refractivity contribution < 1.29 is 5.11 Å². The predicted octanol–water partition coefficient (Wildman–Crippen LogP) is 5.89. The van der Waals surface area contributed by atoms with E-state index in [0.717, 1.165) is 17.5 Å². The Kier molecular flexibility index (Phi) is 6.11. The van der Waals surface area contributed by atoms with Crippen LogP contribution in [-0.2, 0) is 11.8 Å². The van der Waals surface area contributed by atoms with E-state index < -0.39 is 0 Å². The van der Waals surface area contributed by atoms with Crippen molar-refractivity contribution in [3.05, 3.63) is 28.8 Å². The molecule has 0 amide bonds. The fraction of sp³-hybridized carbons (Fsp3) is 0.682. The van der Waals surface area contributed by atoms with Gasteiger partial charge >= 0.3 is 0 Å². The van der Waals surface area contributed by atoms with Crippen molar-refractivity contribution in [3.8, 4) is 5.75 Å². The van der Waals surface area contributed by atoms with E-state index in [4.69, 9.17) is 4.99 Å². The van der Waals surface area contributed by atoms with E-state index in [2.05, 4.69) is 53.7 Å². The molecule has 0 aliphatic heterocycles. The molecule has 134 valence electrons. The molecule has 1 N–H and O–H groups in total. The largest absolute Gasteiger partial charge is 0.507 e. The van der Waals surface area contributed by atoms with E-state index in [1.54, 1.807) is 0 Å². The number of nitrogens with zero attached hydrogens (tertiary/aromatic N) is 1.